The maximum absolute atomic E-state index is 15.3. The number of carbonyl (C=O) groups excluding carboxylic acids is 2. The zero-order valence-electron chi connectivity index (χ0n) is 24.0. The first-order valence-corrected chi connectivity index (χ1v) is 14.0. The molecule has 0 unspecified atom stereocenters. The van der Waals surface area contributed by atoms with E-state index in [0.29, 0.717) is 39.4 Å². The van der Waals surface area contributed by atoms with Crippen molar-refractivity contribution in [1.82, 2.24) is 14.8 Å². The Morgan fingerprint density at radius 2 is 1.67 bits per heavy atom. The number of nitrogens with zero attached hydrogens (tertiary/aromatic N) is 3. The van der Waals surface area contributed by atoms with Gasteiger partial charge in [0, 0.05) is 68.1 Å². The second-order valence-electron chi connectivity index (χ2n) is 10.4. The molecule has 10 nitrogen and oxygen atoms in total. The van der Waals surface area contributed by atoms with Crippen LogP contribution in [0.2, 0.25) is 0 Å². The largest absolute Gasteiger partial charge is 0.573 e. The summed E-state index contributed by atoms with van der Waals surface area (Å²) in [7, 11) is 1.22. The molecular weight excluding hydrogens is 607 g/mol. The molecule has 2 atom stereocenters. The van der Waals surface area contributed by atoms with Crippen LogP contribution < -0.4 is 25.2 Å². The van der Waals surface area contributed by atoms with Crippen LogP contribution in [-0.2, 0) is 16.1 Å². The zero-order valence-corrected chi connectivity index (χ0v) is 24.0. The highest BCUT2D eigenvalue weighted by Gasteiger charge is 2.46. The highest BCUT2D eigenvalue weighted by molar-refractivity contribution is 6.05. The Kier molecular flexibility index (Phi) is 9.39. The van der Waals surface area contributed by atoms with Crippen molar-refractivity contribution < 1.29 is 45.8 Å². The van der Waals surface area contributed by atoms with Gasteiger partial charge in [0.25, 0.3) is 11.5 Å². The number of morpholine rings is 1. The molecule has 2 aromatic carbocycles. The number of alkyl halides is 3. The van der Waals surface area contributed by atoms with Gasteiger partial charge in [0.05, 0.1) is 20.3 Å². The summed E-state index contributed by atoms with van der Waals surface area (Å²) in [6.45, 7) is 3.08. The van der Waals surface area contributed by atoms with Crippen molar-refractivity contribution in [3.05, 3.63) is 87.8 Å². The minimum absolute atomic E-state index is 0.0470. The van der Waals surface area contributed by atoms with Crippen molar-refractivity contribution in [2.45, 2.75) is 24.9 Å². The number of rotatable bonds is 9. The summed E-state index contributed by atoms with van der Waals surface area (Å²) in [5, 5.41) is 2.46. The van der Waals surface area contributed by atoms with Gasteiger partial charge in [-0.15, -0.1) is 13.2 Å². The zero-order chi connectivity index (χ0) is 32.3. The quantitative estimate of drug-likeness (QED) is 0.360. The monoisotopic (exact) mass is 636 g/mol. The SMILES string of the molecule is COc1cc(F)c([C@@H]2CN(c3cccn(CCN4CCOCC4)c3=O)C(=O)[C@H]2NC(=O)c2ccc(OC(F)(F)F)cc2)c(F)c1. The van der Waals surface area contributed by atoms with E-state index in [-0.39, 0.29) is 23.5 Å². The van der Waals surface area contributed by atoms with Gasteiger partial charge in [-0.2, -0.15) is 0 Å². The predicted molar refractivity (Wildman–Crippen MR) is 150 cm³/mol. The molecular formula is C30H29F5N4O6. The number of nitrogens with one attached hydrogen (secondary N) is 1. The number of halogens is 5. The van der Waals surface area contributed by atoms with Crippen LogP contribution in [0.25, 0.3) is 0 Å². The van der Waals surface area contributed by atoms with Gasteiger partial charge in [-0.05, 0) is 36.4 Å². The van der Waals surface area contributed by atoms with E-state index in [0.717, 1.165) is 41.3 Å². The van der Waals surface area contributed by atoms with Crippen LogP contribution in [0, 0.1) is 11.6 Å². The first-order valence-electron chi connectivity index (χ1n) is 14.0. The van der Waals surface area contributed by atoms with Crippen LogP contribution in [0.1, 0.15) is 21.8 Å². The summed E-state index contributed by atoms with van der Waals surface area (Å²) >= 11 is 0. The van der Waals surface area contributed by atoms with Gasteiger partial charge < -0.3 is 29.0 Å². The molecule has 5 rings (SSSR count). The number of hydrogen-bond donors (Lipinski definition) is 1. The summed E-state index contributed by atoms with van der Waals surface area (Å²) in [4.78, 5) is 43.7. The number of amides is 2. The molecule has 2 aliphatic rings. The van der Waals surface area contributed by atoms with Gasteiger partial charge in [0.2, 0.25) is 5.91 Å². The number of methoxy groups -OCH3 is 1. The summed E-state index contributed by atoms with van der Waals surface area (Å²) in [6, 6.07) is 7.22. The molecule has 45 heavy (non-hydrogen) atoms. The number of aromatic nitrogens is 1. The minimum Gasteiger partial charge on any atom is -0.497 e. The number of benzene rings is 2. The second-order valence-corrected chi connectivity index (χ2v) is 10.4. The van der Waals surface area contributed by atoms with Crippen LogP contribution in [0.3, 0.4) is 0 Å². The Bertz CT molecular complexity index is 1580. The normalized spacial score (nSPS) is 19.1. The fraction of sp³-hybridized carbons (Fsp3) is 0.367. The third kappa shape index (κ3) is 7.26. The minimum atomic E-state index is -4.94. The number of hydrogen-bond acceptors (Lipinski definition) is 7. The Labute approximate surface area is 253 Å². The van der Waals surface area contributed by atoms with Crippen LogP contribution in [0.15, 0.2) is 59.5 Å². The molecule has 2 amide bonds. The highest BCUT2D eigenvalue weighted by atomic mass is 19.4. The van der Waals surface area contributed by atoms with Gasteiger partial charge in [0.1, 0.15) is 34.9 Å². The average Bonchev–Trinajstić information content (AvgIpc) is 3.31. The second kappa shape index (κ2) is 13.2. The number of ether oxygens (including phenoxy) is 3. The Hall–Kier alpha value is -4.50. The van der Waals surface area contributed by atoms with Gasteiger partial charge in [-0.3, -0.25) is 19.3 Å². The molecule has 0 spiro atoms. The van der Waals surface area contributed by atoms with Crippen molar-refractivity contribution in [1.29, 1.82) is 0 Å². The molecule has 1 N–H and O–H groups in total. The Morgan fingerprint density at radius 1 is 1.00 bits per heavy atom. The molecule has 0 radical (unpaired) electrons. The first kappa shape index (κ1) is 31.9. The Balaban J connectivity index is 1.44. The maximum atomic E-state index is 15.3. The van der Waals surface area contributed by atoms with Crippen molar-refractivity contribution >= 4 is 17.5 Å². The molecule has 0 aliphatic carbocycles. The average molecular weight is 637 g/mol. The fourth-order valence-electron chi connectivity index (χ4n) is 5.41. The van der Waals surface area contributed by atoms with Crippen LogP contribution in [0.5, 0.6) is 11.5 Å². The molecule has 0 bridgehead atoms. The number of carbonyl (C=O) groups is 2. The molecule has 3 heterocycles. The van der Waals surface area contributed by atoms with E-state index in [1.165, 1.54) is 17.7 Å². The van der Waals surface area contributed by atoms with Gasteiger partial charge in [0.15, 0.2) is 0 Å². The summed E-state index contributed by atoms with van der Waals surface area (Å²) < 4.78 is 83.7. The van der Waals surface area contributed by atoms with Gasteiger partial charge >= 0.3 is 6.36 Å². The molecule has 2 aliphatic heterocycles. The van der Waals surface area contributed by atoms with E-state index in [2.05, 4.69) is 15.0 Å². The summed E-state index contributed by atoms with van der Waals surface area (Å²) in [5.41, 5.74) is -1.21. The smallest absolute Gasteiger partial charge is 0.497 e. The van der Waals surface area contributed by atoms with E-state index in [1.807, 2.05) is 0 Å². The molecule has 1 aromatic heterocycles. The lowest BCUT2D eigenvalue weighted by molar-refractivity contribution is -0.274. The lowest BCUT2D eigenvalue weighted by atomic mass is 9.92. The van der Waals surface area contributed by atoms with E-state index in [9.17, 15) is 27.6 Å². The van der Waals surface area contributed by atoms with E-state index < -0.39 is 58.6 Å². The number of pyridine rings is 1. The summed E-state index contributed by atoms with van der Waals surface area (Å²) in [6.07, 6.45) is -3.37. The van der Waals surface area contributed by atoms with Gasteiger partial charge in [-0.25, -0.2) is 8.78 Å². The molecule has 15 heteroatoms. The lowest BCUT2D eigenvalue weighted by Gasteiger charge is -2.26. The van der Waals surface area contributed by atoms with Crippen molar-refractivity contribution in [3.8, 4) is 11.5 Å². The standard InChI is InChI=1S/C30H29F5N4O6/c1-43-20-15-22(31)25(23(32)16-20)21-17-39(24-3-2-8-38(28(24)41)10-9-37-11-13-44-14-12-37)29(42)26(21)36-27(40)18-4-6-19(7-5-18)45-30(33,34)35/h2-8,15-16,21,26H,9-14,17H2,1H3,(H,36,40)/t21-,26-/m0/s1. The van der Waals surface area contributed by atoms with Gasteiger partial charge in [-0.1, -0.05) is 0 Å². The molecule has 240 valence electrons. The van der Waals surface area contributed by atoms with E-state index in [4.69, 9.17) is 9.47 Å². The molecule has 3 aromatic rings. The van der Waals surface area contributed by atoms with Crippen LogP contribution in [-0.4, -0.2) is 80.2 Å². The third-order valence-electron chi connectivity index (χ3n) is 7.66. The van der Waals surface area contributed by atoms with Crippen molar-refractivity contribution in [3.63, 3.8) is 0 Å². The fourth-order valence-corrected chi connectivity index (χ4v) is 5.41. The van der Waals surface area contributed by atoms with E-state index in [1.54, 1.807) is 12.3 Å². The first-order chi connectivity index (χ1) is 21.4. The lowest BCUT2D eigenvalue weighted by Crippen LogP contribution is -2.45. The molecule has 2 fully saturated rings. The van der Waals surface area contributed by atoms with Crippen LogP contribution >= 0.6 is 0 Å². The highest BCUT2D eigenvalue weighted by Crippen LogP contribution is 2.36. The topological polar surface area (TPSA) is 102 Å². The van der Waals surface area contributed by atoms with Crippen LogP contribution in [0.4, 0.5) is 27.6 Å². The maximum Gasteiger partial charge on any atom is 0.573 e. The summed E-state index contributed by atoms with van der Waals surface area (Å²) in [5.74, 6) is -5.74. The molecule has 2 saturated heterocycles. The van der Waals surface area contributed by atoms with E-state index >= 15 is 8.78 Å². The predicted octanol–water partition coefficient (Wildman–Crippen LogP) is 3.29. The number of anilines is 1. The molecule has 0 saturated carbocycles. The Morgan fingerprint density at radius 3 is 2.29 bits per heavy atom. The third-order valence-corrected chi connectivity index (χ3v) is 7.66. The van der Waals surface area contributed by atoms with Crippen molar-refractivity contribution in [2.75, 3.05) is 51.4 Å². The van der Waals surface area contributed by atoms with Crippen molar-refractivity contribution in [2.24, 2.45) is 0 Å².